The summed E-state index contributed by atoms with van der Waals surface area (Å²) in [6.07, 6.45) is 1.75. The molecule has 18 heavy (non-hydrogen) atoms. The Hall–Kier alpha value is -1.04. The van der Waals surface area contributed by atoms with Crippen molar-refractivity contribution in [2.75, 3.05) is 7.05 Å². The Balaban J connectivity index is 2.37. The van der Waals surface area contributed by atoms with Crippen LogP contribution in [0.2, 0.25) is 5.02 Å². The second kappa shape index (κ2) is 5.73. The zero-order valence-electron chi connectivity index (χ0n) is 10.6. The average molecular weight is 283 g/mol. The SMILES string of the molecule is CNCc1c(C)nn(C)c1Sc1ncccc1Cl. The van der Waals surface area contributed by atoms with Crippen LogP contribution in [-0.4, -0.2) is 21.8 Å². The molecule has 0 unspecified atom stereocenters. The van der Waals surface area contributed by atoms with Crippen LogP contribution in [0.25, 0.3) is 0 Å². The van der Waals surface area contributed by atoms with E-state index in [0.717, 1.165) is 22.3 Å². The molecule has 96 valence electrons. The molecule has 2 heterocycles. The lowest BCUT2D eigenvalue weighted by Crippen LogP contribution is -2.06. The third kappa shape index (κ3) is 2.68. The quantitative estimate of drug-likeness (QED) is 0.936. The number of aryl methyl sites for hydroxylation is 2. The lowest BCUT2D eigenvalue weighted by molar-refractivity contribution is 0.683. The van der Waals surface area contributed by atoms with Crippen molar-refractivity contribution in [1.82, 2.24) is 20.1 Å². The Labute approximate surface area is 116 Å². The molecule has 0 saturated carbocycles. The molecular weight excluding hydrogens is 268 g/mol. The Morgan fingerprint density at radius 1 is 1.50 bits per heavy atom. The van der Waals surface area contributed by atoms with E-state index >= 15 is 0 Å². The first-order valence-electron chi connectivity index (χ1n) is 5.59. The van der Waals surface area contributed by atoms with E-state index < -0.39 is 0 Å². The maximum Gasteiger partial charge on any atom is 0.121 e. The Bertz CT molecular complexity index is 553. The summed E-state index contributed by atoms with van der Waals surface area (Å²) < 4.78 is 1.87. The van der Waals surface area contributed by atoms with Crippen LogP contribution >= 0.6 is 23.4 Å². The Morgan fingerprint density at radius 3 is 2.94 bits per heavy atom. The first kappa shape index (κ1) is 13.4. The molecule has 2 aromatic heterocycles. The van der Waals surface area contributed by atoms with Gasteiger partial charge in [-0.25, -0.2) is 4.98 Å². The number of hydrogen-bond donors (Lipinski definition) is 1. The van der Waals surface area contributed by atoms with Crippen molar-refractivity contribution in [3.63, 3.8) is 0 Å². The van der Waals surface area contributed by atoms with E-state index in [2.05, 4.69) is 15.4 Å². The van der Waals surface area contributed by atoms with Gasteiger partial charge in [0.25, 0.3) is 0 Å². The third-order valence-electron chi connectivity index (χ3n) is 2.56. The van der Waals surface area contributed by atoms with E-state index in [1.54, 1.807) is 18.0 Å². The topological polar surface area (TPSA) is 42.7 Å². The smallest absolute Gasteiger partial charge is 0.121 e. The molecule has 4 nitrogen and oxygen atoms in total. The summed E-state index contributed by atoms with van der Waals surface area (Å²) >= 11 is 7.68. The molecule has 0 aromatic carbocycles. The van der Waals surface area contributed by atoms with Crippen LogP contribution in [0.3, 0.4) is 0 Å². The monoisotopic (exact) mass is 282 g/mol. The van der Waals surface area contributed by atoms with Gasteiger partial charge in [-0.05, 0) is 37.9 Å². The van der Waals surface area contributed by atoms with Crippen LogP contribution in [0.4, 0.5) is 0 Å². The van der Waals surface area contributed by atoms with Gasteiger partial charge in [0, 0.05) is 25.4 Å². The van der Waals surface area contributed by atoms with Crippen LogP contribution in [0.1, 0.15) is 11.3 Å². The molecule has 2 rings (SSSR count). The standard InChI is InChI=1S/C12H15ClN4S/c1-8-9(7-14-2)12(17(3)16-8)18-11-10(13)5-4-6-15-11/h4-6,14H,7H2,1-3H3. The predicted octanol–water partition coefficient (Wildman–Crippen LogP) is 2.65. The number of hydrogen-bond acceptors (Lipinski definition) is 4. The molecule has 0 bridgehead atoms. The number of rotatable bonds is 4. The molecule has 0 aliphatic carbocycles. The van der Waals surface area contributed by atoms with Crippen molar-refractivity contribution in [2.24, 2.45) is 7.05 Å². The summed E-state index contributed by atoms with van der Waals surface area (Å²) in [5, 5.41) is 10.1. The second-order valence-electron chi connectivity index (χ2n) is 3.92. The van der Waals surface area contributed by atoms with Gasteiger partial charge in [-0.1, -0.05) is 11.6 Å². The minimum atomic E-state index is 0.664. The van der Waals surface area contributed by atoms with E-state index in [0.29, 0.717) is 5.02 Å². The van der Waals surface area contributed by atoms with E-state index in [1.807, 2.05) is 37.8 Å². The third-order valence-corrected chi connectivity index (χ3v) is 4.20. The summed E-state index contributed by atoms with van der Waals surface area (Å²) in [5.74, 6) is 0. The molecule has 0 radical (unpaired) electrons. The summed E-state index contributed by atoms with van der Waals surface area (Å²) in [6.45, 7) is 2.79. The number of nitrogens with one attached hydrogen (secondary N) is 1. The predicted molar refractivity (Wildman–Crippen MR) is 74.1 cm³/mol. The van der Waals surface area contributed by atoms with Crippen molar-refractivity contribution in [2.45, 2.75) is 23.5 Å². The van der Waals surface area contributed by atoms with Crippen LogP contribution in [-0.2, 0) is 13.6 Å². The fraction of sp³-hybridized carbons (Fsp3) is 0.333. The molecule has 0 spiro atoms. The number of halogens is 1. The van der Waals surface area contributed by atoms with E-state index in [9.17, 15) is 0 Å². The molecule has 0 amide bonds. The van der Waals surface area contributed by atoms with Crippen molar-refractivity contribution in [3.8, 4) is 0 Å². The Kier molecular flexibility index (Phi) is 4.27. The molecule has 2 aromatic rings. The van der Waals surface area contributed by atoms with Crippen molar-refractivity contribution < 1.29 is 0 Å². The first-order chi connectivity index (χ1) is 8.63. The normalized spacial score (nSPS) is 10.9. The highest BCUT2D eigenvalue weighted by Gasteiger charge is 2.15. The van der Waals surface area contributed by atoms with Gasteiger partial charge < -0.3 is 5.32 Å². The highest BCUT2D eigenvalue weighted by atomic mass is 35.5. The van der Waals surface area contributed by atoms with Crippen LogP contribution in [0, 0.1) is 6.92 Å². The van der Waals surface area contributed by atoms with Crippen LogP contribution in [0.5, 0.6) is 0 Å². The lowest BCUT2D eigenvalue weighted by atomic mass is 10.3. The van der Waals surface area contributed by atoms with E-state index in [4.69, 9.17) is 11.6 Å². The van der Waals surface area contributed by atoms with Crippen molar-refractivity contribution >= 4 is 23.4 Å². The number of aromatic nitrogens is 3. The molecule has 0 atom stereocenters. The van der Waals surface area contributed by atoms with Gasteiger partial charge in [0.2, 0.25) is 0 Å². The Morgan fingerprint density at radius 2 is 2.28 bits per heavy atom. The largest absolute Gasteiger partial charge is 0.316 e. The molecule has 0 aliphatic rings. The summed E-state index contributed by atoms with van der Waals surface area (Å²) in [4.78, 5) is 4.29. The fourth-order valence-corrected chi connectivity index (χ4v) is 2.94. The number of pyridine rings is 1. The summed E-state index contributed by atoms with van der Waals surface area (Å²) in [7, 11) is 3.86. The molecule has 0 aliphatic heterocycles. The first-order valence-corrected chi connectivity index (χ1v) is 6.78. The van der Waals surface area contributed by atoms with E-state index in [1.165, 1.54) is 5.56 Å². The molecule has 6 heteroatoms. The minimum absolute atomic E-state index is 0.664. The molecule has 0 saturated heterocycles. The van der Waals surface area contributed by atoms with Gasteiger partial charge >= 0.3 is 0 Å². The van der Waals surface area contributed by atoms with Gasteiger partial charge in [-0.15, -0.1) is 0 Å². The van der Waals surface area contributed by atoms with E-state index in [-0.39, 0.29) is 0 Å². The van der Waals surface area contributed by atoms with Crippen molar-refractivity contribution in [1.29, 1.82) is 0 Å². The summed E-state index contributed by atoms with van der Waals surface area (Å²) in [6, 6.07) is 3.67. The molecular formula is C12H15ClN4S. The fourth-order valence-electron chi connectivity index (χ4n) is 1.73. The zero-order valence-corrected chi connectivity index (χ0v) is 12.1. The number of nitrogens with zero attached hydrogens (tertiary/aromatic N) is 3. The van der Waals surface area contributed by atoms with Gasteiger partial charge in [0.15, 0.2) is 0 Å². The molecule has 0 fully saturated rings. The highest BCUT2D eigenvalue weighted by molar-refractivity contribution is 7.99. The van der Waals surface area contributed by atoms with Gasteiger partial charge in [0.05, 0.1) is 10.7 Å². The maximum absolute atomic E-state index is 6.13. The maximum atomic E-state index is 6.13. The van der Waals surface area contributed by atoms with Crippen LogP contribution < -0.4 is 5.32 Å². The summed E-state index contributed by atoms with van der Waals surface area (Å²) in [5.41, 5.74) is 2.22. The van der Waals surface area contributed by atoms with Gasteiger partial charge in [0.1, 0.15) is 10.1 Å². The van der Waals surface area contributed by atoms with Gasteiger partial charge in [-0.2, -0.15) is 5.10 Å². The average Bonchev–Trinajstić information content (AvgIpc) is 2.59. The highest BCUT2D eigenvalue weighted by Crippen LogP contribution is 2.34. The second-order valence-corrected chi connectivity index (χ2v) is 5.30. The minimum Gasteiger partial charge on any atom is -0.316 e. The van der Waals surface area contributed by atoms with Crippen LogP contribution in [0.15, 0.2) is 28.4 Å². The molecule has 1 N–H and O–H groups in total. The zero-order chi connectivity index (χ0) is 13.1. The van der Waals surface area contributed by atoms with Gasteiger partial charge in [-0.3, -0.25) is 4.68 Å². The lowest BCUT2D eigenvalue weighted by Gasteiger charge is -2.06. The van der Waals surface area contributed by atoms with Crippen molar-refractivity contribution in [3.05, 3.63) is 34.6 Å².